The highest BCUT2D eigenvalue weighted by Crippen LogP contribution is 2.23. The fourth-order valence-electron chi connectivity index (χ4n) is 1.94. The zero-order valence-corrected chi connectivity index (χ0v) is 12.5. The van der Waals surface area contributed by atoms with Gasteiger partial charge in [0, 0.05) is 36.7 Å². The Hall–Kier alpha value is -2.45. The van der Waals surface area contributed by atoms with Crippen LogP contribution in [0.2, 0.25) is 0 Å². The van der Waals surface area contributed by atoms with Crippen molar-refractivity contribution >= 4 is 11.9 Å². The van der Waals surface area contributed by atoms with Crippen molar-refractivity contribution in [1.82, 2.24) is 20.3 Å². The number of methoxy groups -OCH3 is 1. The minimum absolute atomic E-state index is 0.125. The number of nitrogens with zero attached hydrogens (tertiary/aromatic N) is 2. The third kappa shape index (κ3) is 3.60. The predicted octanol–water partition coefficient (Wildman–Crippen LogP) is 0.311. The monoisotopic (exact) mass is 305 g/mol. The standard InChI is InChI=1S/C14H19N5O3/c1-8(6-20)18-13(21)11-3-9(4-16-11)12-10(7-22-2)5-17-14(15)19-12/h3-5,8,16,20H,6-7H2,1-2H3,(H,18,21)(H2,15,17,19)/t8-/m0/s1. The van der Waals surface area contributed by atoms with Gasteiger partial charge >= 0.3 is 0 Å². The fraction of sp³-hybridized carbons (Fsp3) is 0.357. The first-order valence-corrected chi connectivity index (χ1v) is 6.76. The van der Waals surface area contributed by atoms with E-state index >= 15 is 0 Å². The molecule has 0 bridgehead atoms. The maximum atomic E-state index is 12.0. The fourth-order valence-corrected chi connectivity index (χ4v) is 1.94. The molecule has 2 aromatic rings. The number of aliphatic hydroxyl groups excluding tert-OH is 1. The number of anilines is 1. The highest BCUT2D eigenvalue weighted by molar-refractivity contribution is 5.94. The molecule has 1 atom stereocenters. The summed E-state index contributed by atoms with van der Waals surface area (Å²) >= 11 is 0. The molecule has 1 amide bonds. The van der Waals surface area contributed by atoms with Crippen LogP contribution in [-0.4, -0.2) is 45.7 Å². The summed E-state index contributed by atoms with van der Waals surface area (Å²) in [6.45, 7) is 1.92. The molecule has 8 nitrogen and oxygen atoms in total. The zero-order chi connectivity index (χ0) is 16.1. The lowest BCUT2D eigenvalue weighted by Crippen LogP contribution is -2.35. The van der Waals surface area contributed by atoms with Crippen LogP contribution in [-0.2, 0) is 11.3 Å². The SMILES string of the molecule is COCc1cnc(N)nc1-c1c[nH]c(C(=O)N[C@@H](C)CO)c1. The third-order valence-corrected chi connectivity index (χ3v) is 3.04. The summed E-state index contributed by atoms with van der Waals surface area (Å²) in [5.74, 6) is -0.154. The second-order valence-corrected chi connectivity index (χ2v) is 4.89. The van der Waals surface area contributed by atoms with E-state index in [2.05, 4.69) is 20.3 Å². The van der Waals surface area contributed by atoms with E-state index in [9.17, 15) is 4.79 Å². The van der Waals surface area contributed by atoms with Gasteiger partial charge in [0.1, 0.15) is 5.69 Å². The van der Waals surface area contributed by atoms with E-state index in [1.54, 1.807) is 32.5 Å². The van der Waals surface area contributed by atoms with Gasteiger partial charge in [-0.3, -0.25) is 4.79 Å². The lowest BCUT2D eigenvalue weighted by Gasteiger charge is -2.09. The lowest BCUT2D eigenvalue weighted by molar-refractivity contribution is 0.0918. The number of amides is 1. The number of aromatic nitrogens is 3. The summed E-state index contributed by atoms with van der Waals surface area (Å²) in [6.07, 6.45) is 3.27. The molecular weight excluding hydrogens is 286 g/mol. The van der Waals surface area contributed by atoms with E-state index in [0.29, 0.717) is 23.6 Å². The molecule has 2 heterocycles. The van der Waals surface area contributed by atoms with Crippen LogP contribution < -0.4 is 11.1 Å². The van der Waals surface area contributed by atoms with Gasteiger partial charge in [0.05, 0.1) is 18.9 Å². The molecule has 5 N–H and O–H groups in total. The highest BCUT2D eigenvalue weighted by Gasteiger charge is 2.15. The number of ether oxygens (including phenoxy) is 1. The predicted molar refractivity (Wildman–Crippen MR) is 81.0 cm³/mol. The Morgan fingerprint density at radius 2 is 2.36 bits per heavy atom. The molecule has 0 aliphatic rings. The van der Waals surface area contributed by atoms with Gasteiger partial charge in [-0.05, 0) is 13.0 Å². The summed E-state index contributed by atoms with van der Waals surface area (Å²) < 4.78 is 5.11. The van der Waals surface area contributed by atoms with E-state index in [4.69, 9.17) is 15.6 Å². The molecule has 0 saturated carbocycles. The van der Waals surface area contributed by atoms with Crippen LogP contribution in [0.1, 0.15) is 23.0 Å². The van der Waals surface area contributed by atoms with Gasteiger partial charge in [-0.1, -0.05) is 0 Å². The Morgan fingerprint density at radius 1 is 1.59 bits per heavy atom. The van der Waals surface area contributed by atoms with E-state index in [0.717, 1.165) is 5.56 Å². The number of aliphatic hydroxyl groups is 1. The van der Waals surface area contributed by atoms with E-state index in [1.165, 1.54) is 0 Å². The molecule has 8 heteroatoms. The van der Waals surface area contributed by atoms with Crippen molar-refractivity contribution in [2.24, 2.45) is 0 Å². The van der Waals surface area contributed by atoms with E-state index < -0.39 is 0 Å². The first-order chi connectivity index (χ1) is 10.5. The first kappa shape index (κ1) is 15.9. The minimum atomic E-state index is -0.321. The number of rotatable bonds is 6. The molecule has 0 unspecified atom stereocenters. The van der Waals surface area contributed by atoms with Crippen molar-refractivity contribution < 1.29 is 14.6 Å². The van der Waals surface area contributed by atoms with Crippen LogP contribution in [0.4, 0.5) is 5.95 Å². The lowest BCUT2D eigenvalue weighted by atomic mass is 10.1. The average molecular weight is 305 g/mol. The summed E-state index contributed by atoms with van der Waals surface area (Å²) in [5, 5.41) is 11.6. The summed E-state index contributed by atoms with van der Waals surface area (Å²) in [7, 11) is 1.58. The molecule has 0 aliphatic heterocycles. The second-order valence-electron chi connectivity index (χ2n) is 4.89. The minimum Gasteiger partial charge on any atom is -0.394 e. The Kier molecular flexibility index (Phi) is 5.08. The van der Waals surface area contributed by atoms with Crippen molar-refractivity contribution in [3.05, 3.63) is 29.7 Å². The van der Waals surface area contributed by atoms with Crippen molar-refractivity contribution in [1.29, 1.82) is 0 Å². The zero-order valence-electron chi connectivity index (χ0n) is 12.5. The van der Waals surface area contributed by atoms with Crippen LogP contribution in [0.3, 0.4) is 0 Å². The maximum Gasteiger partial charge on any atom is 0.268 e. The Morgan fingerprint density at radius 3 is 3.05 bits per heavy atom. The molecular formula is C14H19N5O3. The van der Waals surface area contributed by atoms with Gasteiger partial charge in [-0.15, -0.1) is 0 Å². The van der Waals surface area contributed by atoms with E-state index in [1.807, 2.05) is 0 Å². The number of aromatic amines is 1. The van der Waals surface area contributed by atoms with Crippen LogP contribution in [0.5, 0.6) is 0 Å². The van der Waals surface area contributed by atoms with Gasteiger partial charge in [-0.2, -0.15) is 0 Å². The Bertz CT molecular complexity index is 656. The van der Waals surface area contributed by atoms with Gasteiger partial charge < -0.3 is 25.9 Å². The van der Waals surface area contributed by atoms with Crippen LogP contribution in [0.25, 0.3) is 11.3 Å². The number of hydrogen-bond donors (Lipinski definition) is 4. The number of H-pyrrole nitrogens is 1. The Balaban J connectivity index is 2.28. The quantitative estimate of drug-likeness (QED) is 0.608. The molecule has 2 aromatic heterocycles. The summed E-state index contributed by atoms with van der Waals surface area (Å²) in [6, 6.07) is 1.35. The third-order valence-electron chi connectivity index (χ3n) is 3.04. The smallest absolute Gasteiger partial charge is 0.268 e. The number of nitrogens with one attached hydrogen (secondary N) is 2. The van der Waals surface area contributed by atoms with Gasteiger partial charge in [-0.25, -0.2) is 9.97 Å². The number of carbonyl (C=O) groups excluding carboxylic acids is 1. The molecule has 0 fully saturated rings. The maximum absolute atomic E-state index is 12.0. The van der Waals surface area contributed by atoms with Crippen molar-refractivity contribution in [3.63, 3.8) is 0 Å². The van der Waals surface area contributed by atoms with Crippen LogP contribution >= 0.6 is 0 Å². The molecule has 0 aromatic carbocycles. The number of hydrogen-bond acceptors (Lipinski definition) is 6. The molecule has 2 rings (SSSR count). The van der Waals surface area contributed by atoms with Gasteiger partial charge in [0.2, 0.25) is 5.95 Å². The first-order valence-electron chi connectivity index (χ1n) is 6.76. The molecule has 0 saturated heterocycles. The van der Waals surface area contributed by atoms with Crippen molar-refractivity contribution in [3.8, 4) is 11.3 Å². The summed E-state index contributed by atoms with van der Waals surface area (Å²) in [4.78, 5) is 23.0. The van der Waals surface area contributed by atoms with E-state index in [-0.39, 0.29) is 24.5 Å². The molecule has 118 valence electrons. The average Bonchev–Trinajstić information content (AvgIpc) is 2.99. The number of nitrogen functional groups attached to an aromatic ring is 1. The Labute approximate surface area is 127 Å². The largest absolute Gasteiger partial charge is 0.394 e. The topological polar surface area (TPSA) is 126 Å². The highest BCUT2D eigenvalue weighted by atomic mass is 16.5. The second kappa shape index (κ2) is 7.01. The van der Waals surface area contributed by atoms with Crippen molar-refractivity contribution in [2.45, 2.75) is 19.6 Å². The summed E-state index contributed by atoms with van der Waals surface area (Å²) in [5.41, 5.74) is 8.09. The molecule has 0 aliphatic carbocycles. The number of nitrogens with two attached hydrogens (primary N) is 1. The van der Waals surface area contributed by atoms with Crippen LogP contribution in [0, 0.1) is 0 Å². The van der Waals surface area contributed by atoms with Gasteiger partial charge in [0.15, 0.2) is 0 Å². The van der Waals surface area contributed by atoms with Gasteiger partial charge in [0.25, 0.3) is 5.91 Å². The molecule has 0 radical (unpaired) electrons. The molecule has 22 heavy (non-hydrogen) atoms. The van der Waals surface area contributed by atoms with Crippen LogP contribution in [0.15, 0.2) is 18.5 Å². The molecule has 0 spiro atoms. The normalized spacial score (nSPS) is 12.1. The van der Waals surface area contributed by atoms with Crippen molar-refractivity contribution in [2.75, 3.05) is 19.5 Å². The number of carbonyl (C=O) groups is 1.